The highest BCUT2D eigenvalue weighted by atomic mass is 16.2. The molecule has 1 saturated heterocycles. The van der Waals surface area contributed by atoms with Crippen molar-refractivity contribution in [2.45, 2.75) is 32.1 Å². The van der Waals surface area contributed by atoms with Crippen LogP contribution in [0, 0.1) is 5.92 Å². The molecule has 3 rings (SSSR count). The summed E-state index contributed by atoms with van der Waals surface area (Å²) in [5.74, 6) is 1.09. The summed E-state index contributed by atoms with van der Waals surface area (Å²) in [6, 6.07) is 8.36. The molecular formula is C19H29N3O. The van der Waals surface area contributed by atoms with Crippen LogP contribution in [0.15, 0.2) is 24.3 Å². The number of benzene rings is 1. The van der Waals surface area contributed by atoms with E-state index in [-0.39, 0.29) is 5.91 Å². The molecule has 0 radical (unpaired) electrons. The first-order valence-corrected chi connectivity index (χ1v) is 9.03. The first kappa shape index (κ1) is 16.5. The summed E-state index contributed by atoms with van der Waals surface area (Å²) in [6.07, 6.45) is 5.89. The second-order valence-corrected chi connectivity index (χ2v) is 6.89. The third kappa shape index (κ3) is 4.12. The number of carbonyl (C=O) groups excluding carboxylic acids is 1. The molecule has 1 aromatic rings. The molecule has 126 valence electrons. The van der Waals surface area contributed by atoms with E-state index in [0.29, 0.717) is 6.54 Å². The van der Waals surface area contributed by atoms with Gasteiger partial charge in [0.25, 0.3) is 0 Å². The number of hydrogen-bond acceptors (Lipinski definition) is 3. The lowest BCUT2D eigenvalue weighted by molar-refractivity contribution is -0.120. The smallest absolute Gasteiger partial charge is 0.241 e. The molecular weight excluding hydrogens is 286 g/mol. The molecule has 0 aliphatic carbocycles. The van der Waals surface area contributed by atoms with Crippen LogP contribution in [-0.2, 0) is 11.2 Å². The second kappa shape index (κ2) is 7.93. The van der Waals surface area contributed by atoms with E-state index in [1.807, 2.05) is 18.0 Å². The van der Waals surface area contributed by atoms with Crippen molar-refractivity contribution >= 4 is 11.6 Å². The molecule has 0 spiro atoms. The van der Waals surface area contributed by atoms with Gasteiger partial charge in [-0.1, -0.05) is 18.2 Å². The van der Waals surface area contributed by atoms with Crippen LogP contribution in [-0.4, -0.2) is 50.6 Å². The first-order valence-electron chi connectivity index (χ1n) is 9.03. The van der Waals surface area contributed by atoms with Gasteiger partial charge >= 0.3 is 0 Å². The largest absolute Gasteiger partial charge is 0.320 e. The van der Waals surface area contributed by atoms with Crippen LogP contribution in [0.5, 0.6) is 0 Å². The summed E-state index contributed by atoms with van der Waals surface area (Å²) in [7, 11) is 2.02. The Kier molecular flexibility index (Phi) is 5.68. The van der Waals surface area contributed by atoms with E-state index in [0.717, 1.165) is 50.6 Å². The van der Waals surface area contributed by atoms with Gasteiger partial charge in [-0.05, 0) is 76.3 Å². The van der Waals surface area contributed by atoms with Crippen molar-refractivity contribution in [3.05, 3.63) is 29.8 Å². The standard InChI is InChI=1S/C19H29N3O/c1-20-11-8-16-9-13-21(14-10-16)15-19(23)22-12-4-6-17-5-2-3-7-18(17)22/h2-3,5,7,16,20H,4,6,8-15H2,1H3. The molecule has 23 heavy (non-hydrogen) atoms. The molecule has 4 nitrogen and oxygen atoms in total. The molecule has 2 heterocycles. The van der Waals surface area contributed by atoms with Crippen LogP contribution >= 0.6 is 0 Å². The van der Waals surface area contributed by atoms with Crippen LogP contribution in [0.4, 0.5) is 5.69 Å². The third-order valence-electron chi connectivity index (χ3n) is 5.28. The van der Waals surface area contributed by atoms with Crippen molar-refractivity contribution in [1.82, 2.24) is 10.2 Å². The number of fused-ring (bicyclic) bond motifs is 1. The van der Waals surface area contributed by atoms with Crippen molar-refractivity contribution in [1.29, 1.82) is 0 Å². The molecule has 1 fully saturated rings. The number of nitrogens with zero attached hydrogens (tertiary/aromatic N) is 2. The van der Waals surface area contributed by atoms with Crippen LogP contribution in [0.25, 0.3) is 0 Å². The summed E-state index contributed by atoms with van der Waals surface area (Å²) in [5.41, 5.74) is 2.45. The van der Waals surface area contributed by atoms with Gasteiger partial charge < -0.3 is 10.2 Å². The molecule has 1 aromatic carbocycles. The van der Waals surface area contributed by atoms with Gasteiger partial charge in [-0.25, -0.2) is 0 Å². The highest BCUT2D eigenvalue weighted by Crippen LogP contribution is 2.27. The number of aryl methyl sites for hydroxylation is 1. The van der Waals surface area contributed by atoms with Crippen LogP contribution < -0.4 is 10.2 Å². The van der Waals surface area contributed by atoms with Gasteiger partial charge in [-0.2, -0.15) is 0 Å². The Bertz CT molecular complexity index is 523. The molecule has 0 saturated carbocycles. The number of likely N-dealkylation sites (tertiary alicyclic amines) is 1. The Morgan fingerprint density at radius 1 is 1.22 bits per heavy atom. The Labute approximate surface area is 139 Å². The number of amides is 1. The van der Waals surface area contributed by atoms with E-state index in [2.05, 4.69) is 28.4 Å². The maximum atomic E-state index is 12.8. The Hall–Kier alpha value is -1.39. The minimum atomic E-state index is 0.269. The average Bonchev–Trinajstić information content (AvgIpc) is 2.60. The quantitative estimate of drug-likeness (QED) is 0.905. The minimum absolute atomic E-state index is 0.269. The summed E-state index contributed by atoms with van der Waals surface area (Å²) in [6.45, 7) is 4.68. The van der Waals surface area contributed by atoms with Crippen LogP contribution in [0.3, 0.4) is 0 Å². The number of rotatable bonds is 5. The van der Waals surface area contributed by atoms with Crippen LogP contribution in [0.1, 0.15) is 31.2 Å². The molecule has 1 N–H and O–H groups in total. The maximum absolute atomic E-state index is 12.8. The number of hydrogen-bond donors (Lipinski definition) is 1. The fourth-order valence-electron chi connectivity index (χ4n) is 3.85. The molecule has 0 unspecified atom stereocenters. The van der Waals surface area contributed by atoms with Crippen molar-refractivity contribution < 1.29 is 4.79 Å². The van der Waals surface area contributed by atoms with Gasteiger partial charge in [0, 0.05) is 12.2 Å². The first-order chi connectivity index (χ1) is 11.3. The molecule has 4 heteroatoms. The SMILES string of the molecule is CNCCC1CCN(CC(=O)N2CCCc3ccccc32)CC1. The summed E-state index contributed by atoms with van der Waals surface area (Å²) in [4.78, 5) is 17.1. The van der Waals surface area contributed by atoms with Crippen LogP contribution in [0.2, 0.25) is 0 Å². The van der Waals surface area contributed by atoms with Crippen molar-refractivity contribution in [3.8, 4) is 0 Å². The molecule has 1 amide bonds. The van der Waals surface area contributed by atoms with E-state index in [9.17, 15) is 4.79 Å². The summed E-state index contributed by atoms with van der Waals surface area (Å²) >= 11 is 0. The number of nitrogens with one attached hydrogen (secondary N) is 1. The average molecular weight is 315 g/mol. The van der Waals surface area contributed by atoms with E-state index in [1.54, 1.807) is 0 Å². The van der Waals surface area contributed by atoms with E-state index in [4.69, 9.17) is 0 Å². The summed E-state index contributed by atoms with van der Waals surface area (Å²) in [5, 5.41) is 3.24. The zero-order valence-electron chi connectivity index (χ0n) is 14.3. The zero-order valence-corrected chi connectivity index (χ0v) is 14.3. The van der Waals surface area contributed by atoms with Gasteiger partial charge in [0.1, 0.15) is 0 Å². The molecule has 0 bridgehead atoms. The fourth-order valence-corrected chi connectivity index (χ4v) is 3.85. The number of carbonyl (C=O) groups is 1. The fraction of sp³-hybridized carbons (Fsp3) is 0.632. The Morgan fingerprint density at radius 2 is 2.00 bits per heavy atom. The topological polar surface area (TPSA) is 35.6 Å². The Morgan fingerprint density at radius 3 is 2.78 bits per heavy atom. The van der Waals surface area contributed by atoms with E-state index < -0.39 is 0 Å². The minimum Gasteiger partial charge on any atom is -0.320 e. The van der Waals surface area contributed by atoms with Gasteiger partial charge in [-0.3, -0.25) is 9.69 Å². The normalized spacial score (nSPS) is 19.6. The predicted molar refractivity (Wildman–Crippen MR) is 94.8 cm³/mol. The van der Waals surface area contributed by atoms with Gasteiger partial charge in [0.15, 0.2) is 0 Å². The Balaban J connectivity index is 1.53. The molecule has 2 aliphatic heterocycles. The number of piperidine rings is 1. The molecule has 0 aromatic heterocycles. The van der Waals surface area contributed by atoms with E-state index in [1.165, 1.54) is 24.8 Å². The maximum Gasteiger partial charge on any atom is 0.241 e. The molecule has 0 atom stereocenters. The third-order valence-corrected chi connectivity index (χ3v) is 5.28. The monoisotopic (exact) mass is 315 g/mol. The highest BCUT2D eigenvalue weighted by Gasteiger charge is 2.25. The van der Waals surface area contributed by atoms with Gasteiger partial charge in [-0.15, -0.1) is 0 Å². The zero-order chi connectivity index (χ0) is 16.1. The van der Waals surface area contributed by atoms with Gasteiger partial charge in [0.2, 0.25) is 5.91 Å². The summed E-state index contributed by atoms with van der Waals surface area (Å²) < 4.78 is 0. The number of para-hydroxylation sites is 1. The van der Waals surface area contributed by atoms with E-state index >= 15 is 0 Å². The highest BCUT2D eigenvalue weighted by molar-refractivity contribution is 5.95. The lowest BCUT2D eigenvalue weighted by atomic mass is 9.93. The lowest BCUT2D eigenvalue weighted by Crippen LogP contribution is -2.45. The van der Waals surface area contributed by atoms with Crippen molar-refractivity contribution in [2.75, 3.05) is 44.7 Å². The van der Waals surface area contributed by atoms with Gasteiger partial charge in [0.05, 0.1) is 6.54 Å². The van der Waals surface area contributed by atoms with Crippen molar-refractivity contribution in [3.63, 3.8) is 0 Å². The van der Waals surface area contributed by atoms with Crippen molar-refractivity contribution in [2.24, 2.45) is 5.92 Å². The second-order valence-electron chi connectivity index (χ2n) is 6.89. The molecule has 2 aliphatic rings. The predicted octanol–water partition coefficient (Wildman–Crippen LogP) is 2.29. The lowest BCUT2D eigenvalue weighted by Gasteiger charge is -2.35. The number of anilines is 1.